The molecular formula is C14H29N3O. The molecule has 0 amide bonds. The summed E-state index contributed by atoms with van der Waals surface area (Å²) in [5, 5.41) is 0. The molecule has 0 bridgehead atoms. The molecule has 0 aromatic heterocycles. The lowest BCUT2D eigenvalue weighted by Crippen LogP contribution is -2.65. The molecule has 0 aromatic carbocycles. The molecule has 2 aliphatic rings. The quantitative estimate of drug-likeness (QED) is 0.590. The second-order valence-electron chi connectivity index (χ2n) is 6.18. The highest BCUT2D eigenvalue weighted by Gasteiger charge is 2.45. The number of hydrogen-bond acceptors (Lipinski definition) is 4. The van der Waals surface area contributed by atoms with Gasteiger partial charge in [-0.05, 0) is 39.8 Å². The average molecular weight is 255 g/mol. The van der Waals surface area contributed by atoms with Gasteiger partial charge in [0, 0.05) is 24.1 Å². The zero-order valence-corrected chi connectivity index (χ0v) is 12.0. The first-order chi connectivity index (χ1) is 8.70. The van der Waals surface area contributed by atoms with Crippen molar-refractivity contribution in [3.8, 4) is 0 Å². The van der Waals surface area contributed by atoms with Gasteiger partial charge in [-0.2, -0.15) is 0 Å². The molecule has 3 N–H and O–H groups in total. The summed E-state index contributed by atoms with van der Waals surface area (Å²) in [6.45, 7) is 1.78. The van der Waals surface area contributed by atoms with Gasteiger partial charge in [0.05, 0.1) is 6.61 Å². The van der Waals surface area contributed by atoms with Gasteiger partial charge >= 0.3 is 0 Å². The van der Waals surface area contributed by atoms with Crippen LogP contribution in [0.5, 0.6) is 0 Å². The van der Waals surface area contributed by atoms with E-state index in [4.69, 9.17) is 10.6 Å². The van der Waals surface area contributed by atoms with Crippen molar-refractivity contribution in [2.45, 2.75) is 56.5 Å². The van der Waals surface area contributed by atoms with Crippen molar-refractivity contribution in [2.24, 2.45) is 11.8 Å². The zero-order valence-electron chi connectivity index (χ0n) is 12.0. The van der Waals surface area contributed by atoms with Crippen LogP contribution < -0.4 is 11.3 Å². The molecule has 4 heteroatoms. The number of likely N-dealkylation sites (N-methyl/N-ethyl adjacent to an activating group) is 1. The molecule has 2 atom stereocenters. The van der Waals surface area contributed by atoms with Crippen molar-refractivity contribution in [2.75, 3.05) is 27.3 Å². The van der Waals surface area contributed by atoms with Crippen LogP contribution in [0.3, 0.4) is 0 Å². The van der Waals surface area contributed by atoms with Crippen molar-refractivity contribution in [1.82, 2.24) is 10.3 Å². The van der Waals surface area contributed by atoms with Crippen molar-refractivity contribution in [3.63, 3.8) is 0 Å². The van der Waals surface area contributed by atoms with E-state index in [-0.39, 0.29) is 5.54 Å². The Morgan fingerprint density at radius 2 is 1.94 bits per heavy atom. The molecule has 0 aromatic rings. The molecule has 4 nitrogen and oxygen atoms in total. The monoisotopic (exact) mass is 255 g/mol. The van der Waals surface area contributed by atoms with Gasteiger partial charge in [0.15, 0.2) is 0 Å². The van der Waals surface area contributed by atoms with Gasteiger partial charge in [0.25, 0.3) is 0 Å². The molecule has 2 fully saturated rings. The molecule has 1 heterocycles. The Morgan fingerprint density at radius 1 is 1.22 bits per heavy atom. The third kappa shape index (κ3) is 2.72. The molecular weight excluding hydrogens is 226 g/mol. The fraction of sp³-hybridized carbons (Fsp3) is 1.00. The SMILES string of the molecule is CN(C)C1(C(NN)C2CCCOC2)CCCCC1. The van der Waals surface area contributed by atoms with Gasteiger partial charge in [-0.3, -0.25) is 11.3 Å². The standard InChI is InChI=1S/C14H29N3O/c1-17(2)14(8-4-3-5-9-14)13(16-15)12-7-6-10-18-11-12/h12-13,16H,3-11,15H2,1-2H3. The Labute approximate surface area is 111 Å². The van der Waals surface area contributed by atoms with E-state index in [0.29, 0.717) is 12.0 Å². The van der Waals surface area contributed by atoms with E-state index in [1.807, 2.05) is 0 Å². The number of nitrogens with zero attached hydrogens (tertiary/aromatic N) is 1. The molecule has 1 saturated carbocycles. The molecule has 18 heavy (non-hydrogen) atoms. The lowest BCUT2D eigenvalue weighted by molar-refractivity contribution is -0.0213. The highest BCUT2D eigenvalue weighted by molar-refractivity contribution is 5.02. The smallest absolute Gasteiger partial charge is 0.0510 e. The minimum absolute atomic E-state index is 0.221. The third-order valence-electron chi connectivity index (χ3n) is 5.04. The van der Waals surface area contributed by atoms with E-state index >= 15 is 0 Å². The van der Waals surface area contributed by atoms with Gasteiger partial charge in [-0.15, -0.1) is 0 Å². The molecule has 1 saturated heterocycles. The van der Waals surface area contributed by atoms with E-state index in [2.05, 4.69) is 24.4 Å². The fourth-order valence-corrected chi connectivity index (χ4v) is 3.96. The van der Waals surface area contributed by atoms with Gasteiger partial charge in [0.1, 0.15) is 0 Å². The predicted molar refractivity (Wildman–Crippen MR) is 74.2 cm³/mol. The number of nitrogens with one attached hydrogen (secondary N) is 1. The van der Waals surface area contributed by atoms with Crippen LogP contribution in [0.2, 0.25) is 0 Å². The Balaban J connectivity index is 2.15. The van der Waals surface area contributed by atoms with Crippen molar-refractivity contribution in [3.05, 3.63) is 0 Å². The van der Waals surface area contributed by atoms with E-state index in [0.717, 1.165) is 13.2 Å². The van der Waals surface area contributed by atoms with Crippen LogP contribution >= 0.6 is 0 Å². The number of hydrogen-bond donors (Lipinski definition) is 2. The minimum Gasteiger partial charge on any atom is -0.381 e. The molecule has 0 spiro atoms. The largest absolute Gasteiger partial charge is 0.381 e. The number of nitrogens with two attached hydrogens (primary N) is 1. The average Bonchev–Trinajstić information content (AvgIpc) is 2.41. The predicted octanol–water partition coefficient (Wildman–Crippen LogP) is 1.51. The van der Waals surface area contributed by atoms with E-state index < -0.39 is 0 Å². The van der Waals surface area contributed by atoms with Gasteiger partial charge in [0.2, 0.25) is 0 Å². The maximum atomic E-state index is 5.93. The Kier molecular flexibility index (Phi) is 5.01. The van der Waals surface area contributed by atoms with Crippen molar-refractivity contribution < 1.29 is 4.74 Å². The normalized spacial score (nSPS) is 30.3. The Bertz CT molecular complexity index is 245. The van der Waals surface area contributed by atoms with Crippen LogP contribution in [0, 0.1) is 5.92 Å². The maximum absolute atomic E-state index is 5.93. The topological polar surface area (TPSA) is 50.5 Å². The summed E-state index contributed by atoms with van der Waals surface area (Å²) in [7, 11) is 4.42. The molecule has 106 valence electrons. The second-order valence-corrected chi connectivity index (χ2v) is 6.18. The van der Waals surface area contributed by atoms with Crippen LogP contribution in [-0.2, 0) is 4.74 Å². The molecule has 2 rings (SSSR count). The first kappa shape index (κ1) is 14.3. The zero-order chi connectivity index (χ0) is 13.0. The first-order valence-corrected chi connectivity index (χ1v) is 7.42. The minimum atomic E-state index is 0.221. The Hall–Kier alpha value is -0.160. The molecule has 1 aliphatic heterocycles. The summed E-state index contributed by atoms with van der Waals surface area (Å²) in [5.74, 6) is 6.48. The molecule has 2 unspecified atom stereocenters. The van der Waals surface area contributed by atoms with Gasteiger partial charge < -0.3 is 9.64 Å². The summed E-state index contributed by atoms with van der Waals surface area (Å²) in [6.07, 6.45) is 8.94. The number of hydrazine groups is 1. The van der Waals surface area contributed by atoms with E-state index in [1.165, 1.54) is 44.9 Å². The summed E-state index contributed by atoms with van der Waals surface area (Å²) < 4.78 is 5.67. The van der Waals surface area contributed by atoms with Crippen molar-refractivity contribution in [1.29, 1.82) is 0 Å². The highest BCUT2D eigenvalue weighted by atomic mass is 16.5. The van der Waals surface area contributed by atoms with Crippen molar-refractivity contribution >= 4 is 0 Å². The third-order valence-corrected chi connectivity index (χ3v) is 5.04. The first-order valence-electron chi connectivity index (χ1n) is 7.42. The summed E-state index contributed by atoms with van der Waals surface area (Å²) in [6, 6.07) is 0.355. The van der Waals surface area contributed by atoms with E-state index in [1.54, 1.807) is 0 Å². The van der Waals surface area contributed by atoms with Gasteiger partial charge in [-0.1, -0.05) is 19.3 Å². The highest BCUT2D eigenvalue weighted by Crippen LogP contribution is 2.39. The van der Waals surface area contributed by atoms with E-state index in [9.17, 15) is 0 Å². The Morgan fingerprint density at radius 3 is 2.44 bits per heavy atom. The molecule has 0 radical (unpaired) electrons. The second kappa shape index (κ2) is 6.33. The fourth-order valence-electron chi connectivity index (χ4n) is 3.96. The van der Waals surface area contributed by atoms with Gasteiger partial charge in [-0.25, -0.2) is 0 Å². The van der Waals surface area contributed by atoms with Crippen LogP contribution in [0.25, 0.3) is 0 Å². The number of rotatable bonds is 4. The van der Waals surface area contributed by atoms with Crippen LogP contribution in [0.15, 0.2) is 0 Å². The van der Waals surface area contributed by atoms with Crippen LogP contribution in [0.1, 0.15) is 44.9 Å². The van der Waals surface area contributed by atoms with Crippen LogP contribution in [0.4, 0.5) is 0 Å². The summed E-state index contributed by atoms with van der Waals surface area (Å²) >= 11 is 0. The number of ether oxygens (including phenoxy) is 1. The maximum Gasteiger partial charge on any atom is 0.0510 e. The summed E-state index contributed by atoms with van der Waals surface area (Å²) in [4.78, 5) is 2.41. The summed E-state index contributed by atoms with van der Waals surface area (Å²) in [5.41, 5.74) is 3.36. The lowest BCUT2D eigenvalue weighted by Gasteiger charge is -2.51. The van der Waals surface area contributed by atoms with Crippen LogP contribution in [-0.4, -0.2) is 43.8 Å². The molecule has 1 aliphatic carbocycles. The lowest BCUT2D eigenvalue weighted by atomic mass is 9.70.